The van der Waals surface area contributed by atoms with Crippen LogP contribution in [0.15, 0.2) is 33.6 Å². The van der Waals surface area contributed by atoms with Gasteiger partial charge < -0.3 is 5.73 Å². The van der Waals surface area contributed by atoms with Crippen molar-refractivity contribution in [2.24, 2.45) is 0 Å². The molecule has 0 amide bonds. The minimum atomic E-state index is 0.317. The molecule has 5 heteroatoms. The molecule has 2 aromatic rings. The van der Waals surface area contributed by atoms with Gasteiger partial charge in [-0.05, 0) is 40.4 Å². The van der Waals surface area contributed by atoms with Crippen LogP contribution in [0.2, 0.25) is 0 Å². The van der Waals surface area contributed by atoms with E-state index in [1.165, 1.54) is 10.5 Å². The van der Waals surface area contributed by atoms with Gasteiger partial charge >= 0.3 is 0 Å². The van der Waals surface area contributed by atoms with Crippen molar-refractivity contribution in [1.82, 2.24) is 9.97 Å². The zero-order valence-corrected chi connectivity index (χ0v) is 14.3. The molecule has 2 N–H and O–H groups in total. The maximum atomic E-state index is 5.95. The van der Waals surface area contributed by atoms with E-state index >= 15 is 0 Å². The third-order valence-corrected chi connectivity index (χ3v) is 4.93. The Bertz CT molecular complexity index is 614. The van der Waals surface area contributed by atoms with Crippen LogP contribution in [0.1, 0.15) is 36.8 Å². The van der Waals surface area contributed by atoms with Crippen molar-refractivity contribution < 1.29 is 0 Å². The Balaban J connectivity index is 2.20. The van der Waals surface area contributed by atoms with Gasteiger partial charge in [-0.2, -0.15) is 0 Å². The molecule has 0 spiro atoms. The molecule has 0 radical (unpaired) electrons. The summed E-state index contributed by atoms with van der Waals surface area (Å²) >= 11 is 5.21. The van der Waals surface area contributed by atoms with Crippen molar-refractivity contribution in [2.75, 3.05) is 5.73 Å². The third kappa shape index (κ3) is 3.52. The van der Waals surface area contributed by atoms with E-state index in [1.54, 1.807) is 11.8 Å². The smallest absolute Gasteiger partial charge is 0.141 e. The molecule has 1 aromatic heterocycles. The van der Waals surface area contributed by atoms with Gasteiger partial charge in [0, 0.05) is 4.90 Å². The summed E-state index contributed by atoms with van der Waals surface area (Å²) in [5, 5.41) is 0. The summed E-state index contributed by atoms with van der Waals surface area (Å²) in [5.41, 5.74) is 8.19. The number of halogens is 1. The molecule has 20 heavy (non-hydrogen) atoms. The average Bonchev–Trinajstić information content (AvgIpc) is 2.41. The number of nitrogens with two attached hydrogens (primary N) is 1. The van der Waals surface area contributed by atoms with E-state index in [1.807, 2.05) is 12.1 Å². The van der Waals surface area contributed by atoms with Gasteiger partial charge in [-0.25, -0.2) is 9.97 Å². The largest absolute Gasteiger partial charge is 0.383 e. The second-order valence-electron chi connectivity index (χ2n) is 4.93. The maximum absolute atomic E-state index is 5.95. The number of nitrogens with zero attached hydrogens (tertiary/aromatic N) is 2. The summed E-state index contributed by atoms with van der Waals surface area (Å²) in [6, 6.07) is 8.32. The minimum absolute atomic E-state index is 0.317. The van der Waals surface area contributed by atoms with Crippen molar-refractivity contribution in [3.63, 3.8) is 0 Å². The molecule has 0 atom stereocenters. The van der Waals surface area contributed by atoms with E-state index in [9.17, 15) is 0 Å². The molecule has 0 fully saturated rings. The molecule has 0 saturated heterocycles. The van der Waals surface area contributed by atoms with Crippen LogP contribution in [0.25, 0.3) is 0 Å². The van der Waals surface area contributed by atoms with Crippen LogP contribution >= 0.6 is 27.7 Å². The Labute approximate surface area is 132 Å². The van der Waals surface area contributed by atoms with Gasteiger partial charge in [0.15, 0.2) is 0 Å². The van der Waals surface area contributed by atoms with E-state index in [0.29, 0.717) is 11.7 Å². The second kappa shape index (κ2) is 6.59. The van der Waals surface area contributed by atoms with Crippen molar-refractivity contribution in [1.29, 1.82) is 0 Å². The number of rotatable bonds is 4. The maximum Gasteiger partial charge on any atom is 0.141 e. The van der Waals surface area contributed by atoms with Crippen LogP contribution in [-0.4, -0.2) is 9.97 Å². The van der Waals surface area contributed by atoms with Gasteiger partial charge in [0.05, 0.1) is 15.9 Å². The van der Waals surface area contributed by atoms with E-state index in [4.69, 9.17) is 5.73 Å². The summed E-state index contributed by atoms with van der Waals surface area (Å²) in [7, 11) is 0. The first-order valence-electron chi connectivity index (χ1n) is 6.49. The van der Waals surface area contributed by atoms with Crippen LogP contribution in [0, 0.1) is 6.92 Å². The molecule has 0 aliphatic carbocycles. The highest BCUT2D eigenvalue weighted by Crippen LogP contribution is 2.29. The van der Waals surface area contributed by atoms with E-state index in [2.05, 4.69) is 58.8 Å². The zero-order valence-electron chi connectivity index (χ0n) is 11.9. The fraction of sp³-hybridized carbons (Fsp3) is 0.333. The highest BCUT2D eigenvalue weighted by molar-refractivity contribution is 9.10. The SMILES string of the molecule is Cc1ccccc1SCc1nc(N)c(Br)c(C(C)C)n1. The summed E-state index contributed by atoms with van der Waals surface area (Å²) in [6.07, 6.45) is 0. The van der Waals surface area contributed by atoms with E-state index < -0.39 is 0 Å². The second-order valence-corrected chi connectivity index (χ2v) is 6.74. The standard InChI is InChI=1S/C15H18BrN3S/c1-9(2)14-13(16)15(17)19-12(18-14)8-20-11-7-5-4-6-10(11)3/h4-7,9H,8H2,1-3H3,(H2,17,18,19). The van der Waals surface area contributed by atoms with Crippen LogP contribution in [0.3, 0.4) is 0 Å². The first-order valence-corrected chi connectivity index (χ1v) is 8.27. The van der Waals surface area contributed by atoms with Gasteiger partial charge in [-0.3, -0.25) is 0 Å². The van der Waals surface area contributed by atoms with E-state index in [0.717, 1.165) is 21.7 Å². The first-order chi connectivity index (χ1) is 9.49. The van der Waals surface area contributed by atoms with Crippen molar-refractivity contribution in [3.8, 4) is 0 Å². The quantitative estimate of drug-likeness (QED) is 0.821. The topological polar surface area (TPSA) is 51.8 Å². The average molecular weight is 352 g/mol. The number of thioether (sulfide) groups is 1. The van der Waals surface area contributed by atoms with E-state index in [-0.39, 0.29) is 0 Å². The summed E-state index contributed by atoms with van der Waals surface area (Å²) in [4.78, 5) is 10.2. The van der Waals surface area contributed by atoms with Crippen LogP contribution < -0.4 is 5.73 Å². The van der Waals surface area contributed by atoms with Crippen molar-refractivity contribution in [3.05, 3.63) is 45.8 Å². The molecule has 2 rings (SSSR count). The highest BCUT2D eigenvalue weighted by Gasteiger charge is 2.13. The Hall–Kier alpha value is -1.07. The lowest BCUT2D eigenvalue weighted by Crippen LogP contribution is -2.06. The number of hydrogen-bond acceptors (Lipinski definition) is 4. The normalized spacial score (nSPS) is 11.1. The predicted octanol–water partition coefficient (Wildman–Crippen LogP) is 4.55. The molecule has 1 heterocycles. The summed E-state index contributed by atoms with van der Waals surface area (Å²) in [6.45, 7) is 6.31. The molecule has 106 valence electrons. The van der Waals surface area contributed by atoms with Crippen LogP contribution in [0.5, 0.6) is 0 Å². The number of hydrogen-bond donors (Lipinski definition) is 1. The highest BCUT2D eigenvalue weighted by atomic mass is 79.9. The number of anilines is 1. The van der Waals surface area contributed by atoms with Crippen LogP contribution in [-0.2, 0) is 5.75 Å². The van der Waals surface area contributed by atoms with Crippen molar-refractivity contribution >= 4 is 33.5 Å². The molecular weight excluding hydrogens is 334 g/mol. The number of aryl methyl sites for hydroxylation is 1. The molecule has 0 aliphatic heterocycles. The first kappa shape index (κ1) is 15.3. The number of aromatic nitrogens is 2. The molecular formula is C15H18BrN3S. The van der Waals surface area contributed by atoms with Gasteiger partial charge in [-0.1, -0.05) is 32.0 Å². The van der Waals surface area contributed by atoms with Gasteiger partial charge in [0.2, 0.25) is 0 Å². The lowest BCUT2D eigenvalue weighted by molar-refractivity contribution is 0.794. The Morgan fingerprint density at radius 3 is 2.60 bits per heavy atom. The molecule has 0 saturated carbocycles. The summed E-state index contributed by atoms with van der Waals surface area (Å²) < 4.78 is 0.817. The number of benzene rings is 1. The van der Waals surface area contributed by atoms with Gasteiger partial charge in [-0.15, -0.1) is 11.8 Å². The Morgan fingerprint density at radius 2 is 1.95 bits per heavy atom. The zero-order chi connectivity index (χ0) is 14.7. The lowest BCUT2D eigenvalue weighted by atomic mass is 10.1. The molecule has 0 bridgehead atoms. The Morgan fingerprint density at radius 1 is 1.25 bits per heavy atom. The molecule has 3 nitrogen and oxygen atoms in total. The Kier molecular flexibility index (Phi) is 5.05. The molecule has 0 unspecified atom stereocenters. The summed E-state index contributed by atoms with van der Waals surface area (Å²) in [5.74, 6) is 2.34. The molecule has 0 aliphatic rings. The lowest BCUT2D eigenvalue weighted by Gasteiger charge is -2.11. The number of nitrogen functional groups attached to an aromatic ring is 1. The fourth-order valence-corrected chi connectivity index (χ4v) is 3.36. The van der Waals surface area contributed by atoms with Crippen molar-refractivity contribution in [2.45, 2.75) is 37.3 Å². The monoisotopic (exact) mass is 351 g/mol. The molecule has 1 aromatic carbocycles. The van der Waals surface area contributed by atoms with Gasteiger partial charge in [0.1, 0.15) is 11.6 Å². The van der Waals surface area contributed by atoms with Crippen LogP contribution in [0.4, 0.5) is 5.82 Å². The fourth-order valence-electron chi connectivity index (χ4n) is 1.84. The minimum Gasteiger partial charge on any atom is -0.383 e. The third-order valence-electron chi connectivity index (χ3n) is 2.95. The van der Waals surface area contributed by atoms with Gasteiger partial charge in [0.25, 0.3) is 0 Å². The predicted molar refractivity (Wildman–Crippen MR) is 89.0 cm³/mol.